The highest BCUT2D eigenvalue weighted by atomic mass is 19.4. The predicted octanol–water partition coefficient (Wildman–Crippen LogP) is 4.40. The van der Waals surface area contributed by atoms with Crippen molar-refractivity contribution in [3.63, 3.8) is 0 Å². The molecule has 1 nitrogen and oxygen atoms in total. The van der Waals surface area contributed by atoms with E-state index in [0.29, 0.717) is 23.8 Å². The molecule has 0 radical (unpaired) electrons. The van der Waals surface area contributed by atoms with Crippen LogP contribution in [0.15, 0.2) is 24.3 Å². The van der Waals surface area contributed by atoms with Crippen LogP contribution >= 0.6 is 0 Å². The Morgan fingerprint density at radius 2 is 2.00 bits per heavy atom. The first-order chi connectivity index (χ1) is 9.21. The van der Waals surface area contributed by atoms with Crippen LogP contribution in [0.1, 0.15) is 44.2 Å². The van der Waals surface area contributed by atoms with Crippen molar-refractivity contribution in [2.24, 2.45) is 17.6 Å². The second-order valence-corrected chi connectivity index (χ2v) is 6.39. The molecule has 20 heavy (non-hydrogen) atoms. The molecule has 4 heteroatoms. The summed E-state index contributed by atoms with van der Waals surface area (Å²) in [6.45, 7) is 4.32. The van der Waals surface area contributed by atoms with Gasteiger partial charge in [-0.2, -0.15) is 13.2 Å². The van der Waals surface area contributed by atoms with E-state index >= 15 is 0 Å². The summed E-state index contributed by atoms with van der Waals surface area (Å²) >= 11 is 0. The molecule has 0 amide bonds. The molecule has 0 aromatic heterocycles. The number of nitrogens with two attached hydrogens (primary N) is 1. The van der Waals surface area contributed by atoms with Crippen molar-refractivity contribution in [3.8, 4) is 0 Å². The fraction of sp³-hybridized carbons (Fsp3) is 0.625. The van der Waals surface area contributed by atoms with Crippen molar-refractivity contribution >= 4 is 0 Å². The van der Waals surface area contributed by atoms with Gasteiger partial charge in [0.1, 0.15) is 0 Å². The third-order valence-electron chi connectivity index (χ3n) is 4.63. The van der Waals surface area contributed by atoms with Crippen LogP contribution in [0.5, 0.6) is 0 Å². The van der Waals surface area contributed by atoms with Crippen LogP contribution in [-0.4, -0.2) is 5.54 Å². The minimum atomic E-state index is -4.29. The van der Waals surface area contributed by atoms with E-state index in [9.17, 15) is 13.2 Å². The summed E-state index contributed by atoms with van der Waals surface area (Å²) in [5.74, 6) is 0.990. The average Bonchev–Trinajstić information content (AvgIpc) is 2.34. The second kappa shape index (κ2) is 5.40. The Balaban J connectivity index is 2.17. The van der Waals surface area contributed by atoms with Gasteiger partial charge in [0.2, 0.25) is 0 Å². The van der Waals surface area contributed by atoms with Crippen molar-refractivity contribution < 1.29 is 13.2 Å². The highest BCUT2D eigenvalue weighted by Gasteiger charge is 2.37. The molecule has 1 aromatic rings. The quantitative estimate of drug-likeness (QED) is 0.856. The van der Waals surface area contributed by atoms with Crippen LogP contribution in [0, 0.1) is 11.8 Å². The van der Waals surface area contributed by atoms with E-state index in [-0.39, 0.29) is 5.54 Å². The first-order valence-corrected chi connectivity index (χ1v) is 7.16. The van der Waals surface area contributed by atoms with E-state index in [2.05, 4.69) is 13.8 Å². The summed E-state index contributed by atoms with van der Waals surface area (Å²) in [6.07, 6.45) is -0.782. The molecule has 0 saturated heterocycles. The zero-order valence-electron chi connectivity index (χ0n) is 12.0. The van der Waals surface area contributed by atoms with Crippen molar-refractivity contribution in [2.45, 2.75) is 51.2 Å². The number of rotatable bonds is 2. The van der Waals surface area contributed by atoms with Crippen molar-refractivity contribution in [2.75, 3.05) is 0 Å². The molecule has 0 bridgehead atoms. The standard InChI is InChI=1S/C16H22F3N/c1-11-6-7-15(20,12(2)8-11)10-13-4-3-5-14(9-13)16(17,18)19/h3-5,9,11-12H,6-8,10,20H2,1-2H3. The van der Waals surface area contributed by atoms with Crippen LogP contribution in [0.2, 0.25) is 0 Å². The summed E-state index contributed by atoms with van der Waals surface area (Å²) < 4.78 is 38.2. The summed E-state index contributed by atoms with van der Waals surface area (Å²) in [6, 6.07) is 5.56. The van der Waals surface area contributed by atoms with Gasteiger partial charge in [-0.1, -0.05) is 32.0 Å². The van der Waals surface area contributed by atoms with Crippen molar-refractivity contribution in [1.82, 2.24) is 0 Å². The number of hydrogen-bond donors (Lipinski definition) is 1. The Morgan fingerprint density at radius 3 is 2.60 bits per heavy atom. The normalized spacial score (nSPS) is 31.3. The van der Waals surface area contributed by atoms with E-state index in [1.807, 2.05) is 0 Å². The van der Waals surface area contributed by atoms with E-state index in [1.54, 1.807) is 6.07 Å². The maximum Gasteiger partial charge on any atom is 0.416 e. The van der Waals surface area contributed by atoms with Crippen LogP contribution in [-0.2, 0) is 12.6 Å². The molecule has 2 rings (SSSR count). The SMILES string of the molecule is CC1CCC(N)(Cc2cccc(C(F)(F)F)c2)C(C)C1. The Kier molecular flexibility index (Phi) is 4.14. The highest BCUT2D eigenvalue weighted by Crippen LogP contribution is 2.38. The van der Waals surface area contributed by atoms with Gasteiger partial charge < -0.3 is 5.73 Å². The van der Waals surface area contributed by atoms with Gasteiger partial charge in [0.25, 0.3) is 0 Å². The van der Waals surface area contributed by atoms with Gasteiger partial charge in [0.05, 0.1) is 5.56 Å². The fourth-order valence-corrected chi connectivity index (χ4v) is 3.22. The number of halogens is 3. The topological polar surface area (TPSA) is 26.0 Å². The Hall–Kier alpha value is -1.03. The number of alkyl halides is 3. The third kappa shape index (κ3) is 3.35. The molecular weight excluding hydrogens is 263 g/mol. The van der Waals surface area contributed by atoms with Crippen molar-refractivity contribution in [3.05, 3.63) is 35.4 Å². The molecule has 3 atom stereocenters. The largest absolute Gasteiger partial charge is 0.416 e. The monoisotopic (exact) mass is 285 g/mol. The third-order valence-corrected chi connectivity index (χ3v) is 4.63. The number of hydrogen-bond acceptors (Lipinski definition) is 1. The molecule has 1 fully saturated rings. The molecule has 3 unspecified atom stereocenters. The Labute approximate surface area is 118 Å². The molecule has 1 saturated carbocycles. The predicted molar refractivity (Wildman–Crippen MR) is 74.2 cm³/mol. The van der Waals surface area contributed by atoms with Gasteiger partial charge in [-0.05, 0) is 49.1 Å². The lowest BCUT2D eigenvalue weighted by molar-refractivity contribution is -0.137. The van der Waals surface area contributed by atoms with Gasteiger partial charge >= 0.3 is 6.18 Å². The zero-order valence-corrected chi connectivity index (χ0v) is 12.0. The van der Waals surface area contributed by atoms with Crippen LogP contribution < -0.4 is 5.73 Å². The molecule has 1 aromatic carbocycles. The van der Waals surface area contributed by atoms with E-state index < -0.39 is 11.7 Å². The van der Waals surface area contributed by atoms with Gasteiger partial charge in [-0.15, -0.1) is 0 Å². The minimum absolute atomic E-state index is 0.334. The lowest BCUT2D eigenvalue weighted by Crippen LogP contribution is -2.51. The summed E-state index contributed by atoms with van der Waals surface area (Å²) in [4.78, 5) is 0. The highest BCUT2D eigenvalue weighted by molar-refractivity contribution is 5.27. The number of benzene rings is 1. The molecule has 1 aliphatic carbocycles. The molecule has 0 heterocycles. The van der Waals surface area contributed by atoms with Gasteiger partial charge in [0, 0.05) is 5.54 Å². The maximum absolute atomic E-state index is 12.7. The second-order valence-electron chi connectivity index (χ2n) is 6.39. The first-order valence-electron chi connectivity index (χ1n) is 7.16. The van der Waals surface area contributed by atoms with Crippen molar-refractivity contribution in [1.29, 1.82) is 0 Å². The molecule has 1 aliphatic rings. The Morgan fingerprint density at radius 1 is 1.30 bits per heavy atom. The van der Waals surface area contributed by atoms with E-state index in [4.69, 9.17) is 5.73 Å². The molecular formula is C16H22F3N. The van der Waals surface area contributed by atoms with Gasteiger partial charge in [-0.3, -0.25) is 0 Å². The first kappa shape index (κ1) is 15.4. The lowest BCUT2D eigenvalue weighted by atomic mass is 9.68. The van der Waals surface area contributed by atoms with Crippen LogP contribution in [0.3, 0.4) is 0 Å². The zero-order chi connectivity index (χ0) is 15.0. The molecule has 2 N–H and O–H groups in total. The van der Waals surface area contributed by atoms with Crippen LogP contribution in [0.25, 0.3) is 0 Å². The maximum atomic E-state index is 12.7. The average molecular weight is 285 g/mol. The fourth-order valence-electron chi connectivity index (χ4n) is 3.22. The van der Waals surface area contributed by atoms with Crippen LogP contribution in [0.4, 0.5) is 13.2 Å². The molecule has 112 valence electrons. The summed E-state index contributed by atoms with van der Waals surface area (Å²) in [7, 11) is 0. The van der Waals surface area contributed by atoms with Gasteiger partial charge in [0.15, 0.2) is 0 Å². The summed E-state index contributed by atoms with van der Waals surface area (Å²) in [5.41, 5.74) is 6.19. The molecule has 0 aliphatic heterocycles. The van der Waals surface area contributed by atoms with Gasteiger partial charge in [-0.25, -0.2) is 0 Å². The van der Waals surface area contributed by atoms with E-state index in [1.165, 1.54) is 12.1 Å². The Bertz CT molecular complexity index is 469. The minimum Gasteiger partial charge on any atom is -0.325 e. The molecule has 0 spiro atoms. The summed E-state index contributed by atoms with van der Waals surface area (Å²) in [5, 5.41) is 0. The lowest BCUT2D eigenvalue weighted by Gasteiger charge is -2.42. The smallest absolute Gasteiger partial charge is 0.325 e. The van der Waals surface area contributed by atoms with E-state index in [0.717, 1.165) is 25.3 Å².